The van der Waals surface area contributed by atoms with E-state index in [9.17, 15) is 0 Å². The van der Waals surface area contributed by atoms with Crippen molar-refractivity contribution in [1.29, 1.82) is 0 Å². The summed E-state index contributed by atoms with van der Waals surface area (Å²) in [4.78, 5) is 13.7. The van der Waals surface area contributed by atoms with Gasteiger partial charge in [-0.15, -0.1) is 0 Å². The molecule has 0 radical (unpaired) electrons. The van der Waals surface area contributed by atoms with Crippen LogP contribution in [0.3, 0.4) is 0 Å². The van der Waals surface area contributed by atoms with Gasteiger partial charge >= 0.3 is 0 Å². The summed E-state index contributed by atoms with van der Waals surface area (Å²) in [5, 5.41) is 0. The number of imidazole rings is 1. The molecule has 6 heteroatoms. The molecule has 6 nitrogen and oxygen atoms in total. The lowest BCUT2D eigenvalue weighted by Crippen LogP contribution is -2.46. The summed E-state index contributed by atoms with van der Waals surface area (Å²) in [6.45, 7) is 4.93. The van der Waals surface area contributed by atoms with Crippen LogP contribution in [0.1, 0.15) is 5.56 Å². The maximum Gasteiger partial charge on any atom is 0.180 e. The first-order valence-corrected chi connectivity index (χ1v) is 7.16. The summed E-state index contributed by atoms with van der Waals surface area (Å²) in [6, 6.07) is 2.03. The fourth-order valence-corrected chi connectivity index (χ4v) is 2.82. The Bertz CT molecular complexity index is 713. The molecule has 4 rings (SSSR count). The van der Waals surface area contributed by atoms with E-state index >= 15 is 0 Å². The Labute approximate surface area is 122 Å². The van der Waals surface area contributed by atoms with Crippen molar-refractivity contribution in [3.05, 3.63) is 48.9 Å². The number of hydrogen-bond acceptors (Lipinski definition) is 5. The molecule has 0 N–H and O–H groups in total. The fraction of sp³-hybridized carbons (Fsp3) is 0.333. The monoisotopic (exact) mass is 283 g/mol. The van der Waals surface area contributed by atoms with E-state index in [1.54, 1.807) is 6.26 Å². The smallest absolute Gasteiger partial charge is 0.180 e. The van der Waals surface area contributed by atoms with Crippen LogP contribution in [0.25, 0.3) is 5.65 Å². The molecule has 0 bridgehead atoms. The molecule has 1 aliphatic heterocycles. The predicted octanol–water partition coefficient (Wildman–Crippen LogP) is 1.64. The third-order valence-corrected chi connectivity index (χ3v) is 3.95. The molecule has 21 heavy (non-hydrogen) atoms. The lowest BCUT2D eigenvalue weighted by molar-refractivity contribution is 0.249. The number of hydrogen-bond donors (Lipinski definition) is 0. The van der Waals surface area contributed by atoms with Crippen molar-refractivity contribution in [2.24, 2.45) is 0 Å². The Morgan fingerprint density at radius 2 is 1.86 bits per heavy atom. The van der Waals surface area contributed by atoms with Gasteiger partial charge in [-0.05, 0) is 6.07 Å². The van der Waals surface area contributed by atoms with E-state index in [0.717, 1.165) is 44.2 Å². The molecule has 0 amide bonds. The van der Waals surface area contributed by atoms with Crippen LogP contribution in [0.2, 0.25) is 0 Å². The van der Waals surface area contributed by atoms with E-state index in [0.29, 0.717) is 0 Å². The largest absolute Gasteiger partial charge is 0.472 e. The number of aromatic nitrogens is 3. The van der Waals surface area contributed by atoms with Crippen LogP contribution < -0.4 is 4.90 Å². The Hall–Kier alpha value is -2.34. The van der Waals surface area contributed by atoms with Crippen LogP contribution in [0.5, 0.6) is 0 Å². The molecule has 1 fully saturated rings. The SMILES string of the molecule is c1cn2ccnc2c(N2CCN(Cc3ccoc3)CC2)n1. The lowest BCUT2D eigenvalue weighted by Gasteiger charge is -2.35. The Morgan fingerprint density at radius 3 is 2.62 bits per heavy atom. The summed E-state index contributed by atoms with van der Waals surface area (Å²) in [6.07, 6.45) is 11.1. The van der Waals surface area contributed by atoms with Gasteiger partial charge in [-0.2, -0.15) is 0 Å². The number of rotatable bonds is 3. The summed E-state index contributed by atoms with van der Waals surface area (Å²) in [5.41, 5.74) is 2.16. The highest BCUT2D eigenvalue weighted by Crippen LogP contribution is 2.19. The van der Waals surface area contributed by atoms with Gasteiger partial charge in [0.2, 0.25) is 0 Å². The van der Waals surface area contributed by atoms with Crippen LogP contribution in [0, 0.1) is 0 Å². The zero-order chi connectivity index (χ0) is 14.1. The van der Waals surface area contributed by atoms with Gasteiger partial charge in [0.1, 0.15) is 0 Å². The standard InChI is InChI=1S/C15H17N5O/c1-10-21-12-13(1)11-18-6-8-20(9-7-18)15-14-16-2-4-19(14)5-3-17-15/h1-5,10,12H,6-9,11H2. The van der Waals surface area contributed by atoms with Gasteiger partial charge < -0.3 is 13.7 Å². The second kappa shape index (κ2) is 5.21. The minimum Gasteiger partial charge on any atom is -0.472 e. The molecular weight excluding hydrogens is 266 g/mol. The summed E-state index contributed by atoms with van der Waals surface area (Å²) in [7, 11) is 0. The van der Waals surface area contributed by atoms with Crippen LogP contribution in [0.4, 0.5) is 5.82 Å². The van der Waals surface area contributed by atoms with Crippen molar-refractivity contribution >= 4 is 11.5 Å². The van der Waals surface area contributed by atoms with Gasteiger partial charge in [0.15, 0.2) is 11.5 Å². The molecule has 1 aliphatic rings. The topological polar surface area (TPSA) is 49.8 Å². The average molecular weight is 283 g/mol. The van der Waals surface area contributed by atoms with E-state index in [-0.39, 0.29) is 0 Å². The molecule has 3 aromatic rings. The molecule has 4 heterocycles. The minimum atomic E-state index is 0.931. The molecule has 0 atom stereocenters. The van der Waals surface area contributed by atoms with Gasteiger partial charge in [-0.25, -0.2) is 9.97 Å². The third-order valence-electron chi connectivity index (χ3n) is 3.95. The van der Waals surface area contributed by atoms with Gasteiger partial charge in [-0.3, -0.25) is 4.90 Å². The second-order valence-electron chi connectivity index (χ2n) is 5.30. The van der Waals surface area contributed by atoms with Gasteiger partial charge in [0, 0.05) is 63.1 Å². The van der Waals surface area contributed by atoms with Crippen molar-refractivity contribution in [2.45, 2.75) is 6.54 Å². The van der Waals surface area contributed by atoms with E-state index in [1.165, 1.54) is 5.56 Å². The van der Waals surface area contributed by atoms with Crippen molar-refractivity contribution in [3.8, 4) is 0 Å². The summed E-state index contributed by atoms with van der Waals surface area (Å²) < 4.78 is 7.14. The number of furan rings is 1. The highest BCUT2D eigenvalue weighted by molar-refractivity contribution is 5.64. The van der Waals surface area contributed by atoms with Gasteiger partial charge in [0.05, 0.1) is 12.5 Å². The zero-order valence-corrected chi connectivity index (χ0v) is 11.7. The molecule has 108 valence electrons. The predicted molar refractivity (Wildman–Crippen MR) is 79.2 cm³/mol. The Morgan fingerprint density at radius 1 is 1.05 bits per heavy atom. The van der Waals surface area contributed by atoms with E-state index in [2.05, 4.69) is 19.8 Å². The van der Waals surface area contributed by atoms with Gasteiger partial charge in [0.25, 0.3) is 0 Å². The van der Waals surface area contributed by atoms with Crippen LogP contribution in [-0.4, -0.2) is 45.4 Å². The normalized spacial score (nSPS) is 16.7. The molecule has 0 aliphatic carbocycles. The molecule has 3 aromatic heterocycles. The average Bonchev–Trinajstić information content (AvgIpc) is 3.18. The fourth-order valence-electron chi connectivity index (χ4n) is 2.82. The van der Waals surface area contributed by atoms with E-state index in [4.69, 9.17) is 4.42 Å². The molecule has 1 saturated heterocycles. The Balaban J connectivity index is 1.46. The molecule has 0 aromatic carbocycles. The number of anilines is 1. The van der Waals surface area contributed by atoms with E-state index < -0.39 is 0 Å². The van der Waals surface area contributed by atoms with Crippen molar-refractivity contribution in [2.75, 3.05) is 31.1 Å². The number of piperazine rings is 1. The van der Waals surface area contributed by atoms with Crippen molar-refractivity contribution in [3.63, 3.8) is 0 Å². The van der Waals surface area contributed by atoms with E-state index in [1.807, 2.05) is 41.5 Å². The first kappa shape index (κ1) is 12.4. The highest BCUT2D eigenvalue weighted by atomic mass is 16.3. The molecule has 0 spiro atoms. The lowest BCUT2D eigenvalue weighted by atomic mass is 10.2. The maximum atomic E-state index is 5.13. The van der Waals surface area contributed by atoms with Gasteiger partial charge in [-0.1, -0.05) is 0 Å². The van der Waals surface area contributed by atoms with Crippen molar-refractivity contribution in [1.82, 2.24) is 19.3 Å². The first-order chi connectivity index (χ1) is 10.4. The third kappa shape index (κ3) is 2.38. The zero-order valence-electron chi connectivity index (χ0n) is 11.7. The molecular formula is C15H17N5O. The van der Waals surface area contributed by atoms with Crippen LogP contribution in [-0.2, 0) is 6.54 Å². The first-order valence-electron chi connectivity index (χ1n) is 7.16. The molecule has 0 saturated carbocycles. The summed E-state index contributed by atoms with van der Waals surface area (Å²) >= 11 is 0. The summed E-state index contributed by atoms with van der Waals surface area (Å²) in [5.74, 6) is 0.977. The van der Waals surface area contributed by atoms with Crippen molar-refractivity contribution < 1.29 is 4.42 Å². The quantitative estimate of drug-likeness (QED) is 0.731. The maximum absolute atomic E-state index is 5.13. The minimum absolute atomic E-state index is 0.931. The highest BCUT2D eigenvalue weighted by Gasteiger charge is 2.20. The number of fused-ring (bicyclic) bond motifs is 1. The second-order valence-corrected chi connectivity index (χ2v) is 5.30. The van der Waals surface area contributed by atoms with Crippen LogP contribution >= 0.6 is 0 Å². The Kier molecular flexibility index (Phi) is 3.08. The van der Waals surface area contributed by atoms with Crippen LogP contribution in [0.15, 0.2) is 47.8 Å². The number of nitrogens with zero attached hydrogens (tertiary/aromatic N) is 5. The molecule has 0 unspecified atom stereocenters.